The van der Waals surface area contributed by atoms with Crippen molar-refractivity contribution < 1.29 is 9.47 Å². The number of hydrogen-bond donors (Lipinski definition) is 0. The monoisotopic (exact) mass is 206 g/mol. The van der Waals surface area contributed by atoms with Crippen LogP contribution < -0.4 is 4.74 Å². The lowest BCUT2D eigenvalue weighted by molar-refractivity contribution is 0.0540. The molecule has 1 unspecified atom stereocenters. The van der Waals surface area contributed by atoms with Gasteiger partial charge in [0.05, 0.1) is 18.8 Å². The topological polar surface area (TPSA) is 18.5 Å². The quantitative estimate of drug-likeness (QED) is 0.740. The van der Waals surface area contributed by atoms with Crippen LogP contribution in [0.4, 0.5) is 0 Å². The molecular formula is C13H18O2. The molecule has 0 aliphatic carbocycles. The minimum Gasteiger partial charge on any atom is -0.491 e. The molecule has 1 aliphatic heterocycles. The fourth-order valence-electron chi connectivity index (χ4n) is 2.02. The van der Waals surface area contributed by atoms with Crippen molar-refractivity contribution in [3.8, 4) is 5.75 Å². The Hall–Kier alpha value is -1.02. The van der Waals surface area contributed by atoms with E-state index < -0.39 is 0 Å². The Balaban J connectivity index is 2.35. The fraction of sp³-hybridized carbons (Fsp3) is 0.538. The van der Waals surface area contributed by atoms with E-state index in [2.05, 4.69) is 32.9 Å². The first-order valence-electron chi connectivity index (χ1n) is 5.58. The molecule has 0 amide bonds. The van der Waals surface area contributed by atoms with E-state index in [9.17, 15) is 0 Å². The lowest BCUT2D eigenvalue weighted by atomic mass is 9.97. The van der Waals surface area contributed by atoms with E-state index in [1.807, 2.05) is 6.07 Å². The molecule has 0 aromatic heterocycles. The molecule has 1 heterocycles. The number of fused-ring (bicyclic) bond motifs is 1. The van der Waals surface area contributed by atoms with Gasteiger partial charge >= 0.3 is 0 Å². The van der Waals surface area contributed by atoms with Crippen LogP contribution in [0.2, 0.25) is 0 Å². The van der Waals surface area contributed by atoms with Crippen molar-refractivity contribution >= 4 is 0 Å². The Morgan fingerprint density at radius 1 is 1.40 bits per heavy atom. The molecule has 1 aromatic carbocycles. The molecule has 15 heavy (non-hydrogen) atoms. The van der Waals surface area contributed by atoms with Crippen LogP contribution >= 0.6 is 0 Å². The molecule has 0 spiro atoms. The lowest BCUT2D eigenvalue weighted by Crippen LogP contribution is -2.16. The first-order chi connectivity index (χ1) is 7.18. The van der Waals surface area contributed by atoms with Gasteiger partial charge in [0.1, 0.15) is 5.75 Å². The highest BCUT2D eigenvalue weighted by Gasteiger charge is 2.20. The van der Waals surface area contributed by atoms with Crippen LogP contribution in [0.3, 0.4) is 0 Å². The summed E-state index contributed by atoms with van der Waals surface area (Å²) in [6, 6.07) is 6.23. The van der Waals surface area contributed by atoms with Gasteiger partial charge in [0, 0.05) is 5.56 Å². The average molecular weight is 206 g/mol. The summed E-state index contributed by atoms with van der Waals surface area (Å²) >= 11 is 0. The molecule has 0 N–H and O–H groups in total. The Morgan fingerprint density at radius 2 is 2.20 bits per heavy atom. The van der Waals surface area contributed by atoms with Gasteiger partial charge in [-0.15, -0.1) is 0 Å². The summed E-state index contributed by atoms with van der Waals surface area (Å²) in [6.45, 7) is 7.01. The maximum Gasteiger partial charge on any atom is 0.123 e. The van der Waals surface area contributed by atoms with Crippen LogP contribution in [-0.2, 0) is 11.2 Å². The zero-order valence-electron chi connectivity index (χ0n) is 9.62. The van der Waals surface area contributed by atoms with Gasteiger partial charge < -0.3 is 9.47 Å². The molecule has 1 aromatic rings. The van der Waals surface area contributed by atoms with E-state index in [0.717, 1.165) is 18.8 Å². The Kier molecular flexibility index (Phi) is 2.96. The van der Waals surface area contributed by atoms with Crippen molar-refractivity contribution in [2.45, 2.75) is 39.4 Å². The SMILES string of the molecule is CC(C)Oc1cccc2c1CCOC2C. The minimum atomic E-state index is 0.199. The Labute approximate surface area is 91.2 Å². The molecule has 2 nitrogen and oxygen atoms in total. The molecular weight excluding hydrogens is 188 g/mol. The van der Waals surface area contributed by atoms with Crippen LogP contribution in [0.15, 0.2) is 18.2 Å². The van der Waals surface area contributed by atoms with Gasteiger partial charge in [-0.2, -0.15) is 0 Å². The largest absolute Gasteiger partial charge is 0.491 e. The van der Waals surface area contributed by atoms with Gasteiger partial charge in [-0.05, 0) is 38.8 Å². The van der Waals surface area contributed by atoms with Crippen molar-refractivity contribution in [2.24, 2.45) is 0 Å². The second kappa shape index (κ2) is 4.23. The van der Waals surface area contributed by atoms with Crippen molar-refractivity contribution in [3.63, 3.8) is 0 Å². The highest BCUT2D eigenvalue weighted by Crippen LogP contribution is 2.33. The molecule has 2 rings (SSSR count). The smallest absolute Gasteiger partial charge is 0.123 e. The summed E-state index contributed by atoms with van der Waals surface area (Å²) in [5.74, 6) is 1.03. The number of ether oxygens (including phenoxy) is 2. The second-order valence-corrected chi connectivity index (χ2v) is 4.25. The fourth-order valence-corrected chi connectivity index (χ4v) is 2.02. The predicted molar refractivity (Wildman–Crippen MR) is 60.3 cm³/mol. The Bertz CT molecular complexity index is 344. The van der Waals surface area contributed by atoms with E-state index in [1.54, 1.807) is 0 Å². The van der Waals surface area contributed by atoms with Crippen molar-refractivity contribution in [1.29, 1.82) is 0 Å². The van der Waals surface area contributed by atoms with Gasteiger partial charge in [-0.3, -0.25) is 0 Å². The van der Waals surface area contributed by atoms with Crippen LogP contribution in [0.5, 0.6) is 5.75 Å². The van der Waals surface area contributed by atoms with Gasteiger partial charge in [-0.25, -0.2) is 0 Å². The van der Waals surface area contributed by atoms with E-state index in [4.69, 9.17) is 9.47 Å². The zero-order valence-corrected chi connectivity index (χ0v) is 9.62. The number of benzene rings is 1. The highest BCUT2D eigenvalue weighted by atomic mass is 16.5. The number of rotatable bonds is 2. The zero-order chi connectivity index (χ0) is 10.8. The summed E-state index contributed by atoms with van der Waals surface area (Å²) in [5, 5.41) is 0. The molecule has 0 radical (unpaired) electrons. The van der Waals surface area contributed by atoms with Crippen molar-refractivity contribution in [2.75, 3.05) is 6.61 Å². The molecule has 1 aliphatic rings. The van der Waals surface area contributed by atoms with Crippen LogP contribution in [0, 0.1) is 0 Å². The first-order valence-corrected chi connectivity index (χ1v) is 5.58. The molecule has 0 saturated carbocycles. The maximum atomic E-state index is 5.81. The van der Waals surface area contributed by atoms with Crippen LogP contribution in [0.25, 0.3) is 0 Å². The van der Waals surface area contributed by atoms with Crippen molar-refractivity contribution in [3.05, 3.63) is 29.3 Å². The standard InChI is InChI=1S/C13H18O2/c1-9(2)15-13-6-4-5-11-10(3)14-8-7-12(11)13/h4-6,9-10H,7-8H2,1-3H3. The molecule has 0 bridgehead atoms. The molecule has 0 fully saturated rings. The van der Waals surface area contributed by atoms with E-state index >= 15 is 0 Å². The second-order valence-electron chi connectivity index (χ2n) is 4.25. The minimum absolute atomic E-state index is 0.199. The van der Waals surface area contributed by atoms with E-state index in [1.165, 1.54) is 11.1 Å². The summed E-state index contributed by atoms with van der Waals surface area (Å²) in [7, 11) is 0. The van der Waals surface area contributed by atoms with Crippen LogP contribution in [0.1, 0.15) is 38.0 Å². The third-order valence-corrected chi connectivity index (χ3v) is 2.69. The maximum absolute atomic E-state index is 5.81. The van der Waals surface area contributed by atoms with Gasteiger partial charge in [0.25, 0.3) is 0 Å². The molecule has 82 valence electrons. The molecule has 2 heteroatoms. The van der Waals surface area contributed by atoms with Gasteiger partial charge in [0.15, 0.2) is 0 Å². The summed E-state index contributed by atoms with van der Waals surface area (Å²) in [6.07, 6.45) is 1.39. The average Bonchev–Trinajstić information content (AvgIpc) is 2.19. The summed E-state index contributed by atoms with van der Waals surface area (Å²) in [5.41, 5.74) is 2.60. The van der Waals surface area contributed by atoms with E-state index in [0.29, 0.717) is 0 Å². The third-order valence-electron chi connectivity index (χ3n) is 2.69. The van der Waals surface area contributed by atoms with Gasteiger partial charge in [-0.1, -0.05) is 12.1 Å². The normalized spacial score (nSPS) is 20.1. The first kappa shape index (κ1) is 10.5. The Morgan fingerprint density at radius 3 is 2.93 bits per heavy atom. The van der Waals surface area contributed by atoms with Crippen LogP contribution in [-0.4, -0.2) is 12.7 Å². The van der Waals surface area contributed by atoms with Crippen molar-refractivity contribution in [1.82, 2.24) is 0 Å². The van der Waals surface area contributed by atoms with E-state index in [-0.39, 0.29) is 12.2 Å². The van der Waals surface area contributed by atoms with Gasteiger partial charge in [0.2, 0.25) is 0 Å². The third kappa shape index (κ3) is 2.15. The summed E-state index contributed by atoms with van der Waals surface area (Å²) in [4.78, 5) is 0. The molecule has 0 saturated heterocycles. The molecule has 1 atom stereocenters. The lowest BCUT2D eigenvalue weighted by Gasteiger charge is -2.25. The summed E-state index contributed by atoms with van der Waals surface area (Å²) < 4.78 is 11.4. The highest BCUT2D eigenvalue weighted by molar-refractivity contribution is 5.42. The predicted octanol–water partition coefficient (Wildman–Crippen LogP) is 3.11. The number of hydrogen-bond acceptors (Lipinski definition) is 2.